The quantitative estimate of drug-likeness (QED) is 0.105. The number of ether oxygens (including phenoxy) is 1. The standard InChI is InChI=1S/C16H34NO8P/c1-5-6-7-8-9-10-16(18)22-13-15(25-19)14-24-26(20,21)23-12-11-17(2,3)4/h15H,5-14H2,1-4H3,(H-,19,20,21)/t15-/m1/s1. The molecular weight excluding hydrogens is 365 g/mol. The smallest absolute Gasteiger partial charge is 0.305 e. The van der Waals surface area contributed by atoms with E-state index in [9.17, 15) is 14.3 Å². The molecule has 0 saturated carbocycles. The van der Waals surface area contributed by atoms with Gasteiger partial charge in [-0.25, -0.2) is 4.89 Å². The maximum absolute atomic E-state index is 11.6. The third-order valence-corrected chi connectivity index (χ3v) is 4.46. The minimum atomic E-state index is -4.51. The zero-order chi connectivity index (χ0) is 20.1. The van der Waals surface area contributed by atoms with Crippen molar-refractivity contribution < 1.29 is 42.7 Å². The Balaban J connectivity index is 3.99. The second kappa shape index (κ2) is 13.6. The number of phosphoric acid groups is 1. The van der Waals surface area contributed by atoms with Gasteiger partial charge < -0.3 is 23.2 Å². The first-order valence-corrected chi connectivity index (χ1v) is 10.4. The molecule has 0 radical (unpaired) electrons. The number of carbonyl (C=O) groups excluding carboxylic acids is 1. The zero-order valence-corrected chi connectivity index (χ0v) is 17.2. The number of unbranched alkanes of at least 4 members (excludes halogenated alkanes) is 4. The van der Waals surface area contributed by atoms with Crippen LogP contribution in [-0.4, -0.2) is 69.3 Å². The number of carbonyl (C=O) groups is 1. The molecule has 0 bridgehead atoms. The van der Waals surface area contributed by atoms with Crippen LogP contribution in [0.2, 0.25) is 0 Å². The summed E-state index contributed by atoms with van der Waals surface area (Å²) < 4.78 is 26.5. The van der Waals surface area contributed by atoms with Crippen LogP contribution in [0, 0.1) is 0 Å². The average molecular weight is 399 g/mol. The molecule has 0 aliphatic rings. The summed E-state index contributed by atoms with van der Waals surface area (Å²) >= 11 is 0. The lowest BCUT2D eigenvalue weighted by atomic mass is 10.1. The van der Waals surface area contributed by atoms with Crippen LogP contribution in [0.3, 0.4) is 0 Å². The van der Waals surface area contributed by atoms with Crippen molar-refractivity contribution in [3.05, 3.63) is 0 Å². The number of esters is 1. The van der Waals surface area contributed by atoms with Crippen molar-refractivity contribution in [3.63, 3.8) is 0 Å². The van der Waals surface area contributed by atoms with Gasteiger partial charge in [0.2, 0.25) is 0 Å². The predicted molar refractivity (Wildman–Crippen MR) is 94.2 cm³/mol. The number of phosphoric ester groups is 1. The zero-order valence-electron chi connectivity index (χ0n) is 16.3. The van der Waals surface area contributed by atoms with Gasteiger partial charge in [0, 0.05) is 6.42 Å². The predicted octanol–water partition coefficient (Wildman–Crippen LogP) is 1.96. The molecule has 0 aliphatic heterocycles. The molecule has 156 valence electrons. The summed E-state index contributed by atoms with van der Waals surface area (Å²) in [7, 11) is 1.18. The van der Waals surface area contributed by atoms with E-state index in [1.165, 1.54) is 0 Å². The maximum atomic E-state index is 11.6. The fourth-order valence-corrected chi connectivity index (χ4v) is 2.61. The van der Waals surface area contributed by atoms with Crippen molar-refractivity contribution in [1.29, 1.82) is 0 Å². The summed E-state index contributed by atoms with van der Waals surface area (Å²) in [6, 6.07) is 0. The lowest BCUT2D eigenvalue weighted by Gasteiger charge is -2.27. The van der Waals surface area contributed by atoms with Crippen LogP contribution < -0.4 is 4.89 Å². The van der Waals surface area contributed by atoms with Crippen molar-refractivity contribution in [2.45, 2.75) is 51.6 Å². The van der Waals surface area contributed by atoms with Gasteiger partial charge in [0.15, 0.2) is 6.10 Å². The van der Waals surface area contributed by atoms with Gasteiger partial charge in [-0.05, 0) is 6.42 Å². The van der Waals surface area contributed by atoms with E-state index in [-0.39, 0.29) is 19.6 Å². The summed E-state index contributed by atoms with van der Waals surface area (Å²) in [6.07, 6.45) is 4.19. The number of nitrogens with zero attached hydrogens (tertiary/aromatic N) is 1. The van der Waals surface area contributed by atoms with Crippen LogP contribution in [0.4, 0.5) is 0 Å². The molecule has 1 N–H and O–H groups in total. The lowest BCUT2D eigenvalue weighted by molar-refractivity contribution is -0.870. The normalized spacial score (nSPS) is 15.5. The van der Waals surface area contributed by atoms with Crippen LogP contribution in [0.5, 0.6) is 0 Å². The van der Waals surface area contributed by atoms with Crippen molar-refractivity contribution in [2.75, 3.05) is 47.5 Å². The van der Waals surface area contributed by atoms with Gasteiger partial charge in [-0.1, -0.05) is 32.6 Å². The van der Waals surface area contributed by atoms with E-state index in [1.54, 1.807) is 0 Å². The first kappa shape index (κ1) is 25.5. The van der Waals surface area contributed by atoms with Gasteiger partial charge in [0.1, 0.15) is 19.8 Å². The minimum Gasteiger partial charge on any atom is -0.756 e. The number of rotatable bonds is 16. The molecule has 26 heavy (non-hydrogen) atoms. The van der Waals surface area contributed by atoms with Gasteiger partial charge in [-0.2, -0.15) is 0 Å². The minimum absolute atomic E-state index is 0.0258. The Labute approximate surface area is 156 Å². The molecule has 10 heteroatoms. The van der Waals surface area contributed by atoms with E-state index in [2.05, 4.69) is 16.3 Å². The van der Waals surface area contributed by atoms with Crippen molar-refractivity contribution in [1.82, 2.24) is 0 Å². The summed E-state index contributed by atoms with van der Waals surface area (Å²) in [5.74, 6) is -0.423. The molecule has 0 fully saturated rings. The van der Waals surface area contributed by atoms with Gasteiger partial charge in [-0.3, -0.25) is 14.6 Å². The Morgan fingerprint density at radius 3 is 2.35 bits per heavy atom. The third-order valence-electron chi connectivity index (χ3n) is 3.49. The molecule has 0 saturated heterocycles. The Kier molecular flexibility index (Phi) is 13.3. The van der Waals surface area contributed by atoms with E-state index in [0.29, 0.717) is 11.0 Å². The molecule has 0 aromatic carbocycles. The molecule has 0 heterocycles. The van der Waals surface area contributed by atoms with E-state index in [1.807, 2.05) is 21.1 Å². The monoisotopic (exact) mass is 399 g/mol. The molecule has 0 rings (SSSR count). The summed E-state index contributed by atoms with van der Waals surface area (Å²) in [5.41, 5.74) is 0. The highest BCUT2D eigenvalue weighted by Crippen LogP contribution is 2.38. The first-order chi connectivity index (χ1) is 12.1. The Morgan fingerprint density at radius 1 is 1.12 bits per heavy atom. The number of hydrogen-bond acceptors (Lipinski definition) is 8. The molecule has 2 atom stereocenters. The van der Waals surface area contributed by atoms with Crippen LogP contribution in [0.1, 0.15) is 45.4 Å². The Bertz CT molecular complexity index is 427. The molecule has 9 nitrogen and oxygen atoms in total. The molecule has 0 spiro atoms. The highest BCUT2D eigenvalue weighted by atomic mass is 31.2. The Morgan fingerprint density at radius 2 is 1.77 bits per heavy atom. The lowest BCUT2D eigenvalue weighted by Crippen LogP contribution is -2.37. The molecular formula is C16H34NO8P. The summed E-state index contributed by atoms with van der Waals surface area (Å²) in [5, 5.41) is 8.79. The van der Waals surface area contributed by atoms with Crippen LogP contribution >= 0.6 is 7.82 Å². The van der Waals surface area contributed by atoms with Crippen LogP contribution in [0.25, 0.3) is 0 Å². The van der Waals surface area contributed by atoms with Gasteiger partial charge in [0.05, 0.1) is 27.7 Å². The van der Waals surface area contributed by atoms with E-state index < -0.39 is 26.5 Å². The van der Waals surface area contributed by atoms with Crippen LogP contribution in [-0.2, 0) is 28.0 Å². The number of hydrogen-bond donors (Lipinski definition) is 1. The van der Waals surface area contributed by atoms with Crippen LogP contribution in [0.15, 0.2) is 0 Å². The van der Waals surface area contributed by atoms with E-state index in [0.717, 1.165) is 32.1 Å². The third kappa shape index (κ3) is 15.7. The van der Waals surface area contributed by atoms with E-state index in [4.69, 9.17) is 14.5 Å². The topological polar surface area (TPSA) is 114 Å². The van der Waals surface area contributed by atoms with Crippen molar-refractivity contribution in [3.8, 4) is 0 Å². The van der Waals surface area contributed by atoms with Gasteiger partial charge in [-0.15, -0.1) is 0 Å². The summed E-state index contributed by atoms with van der Waals surface area (Å²) in [4.78, 5) is 27.3. The van der Waals surface area contributed by atoms with Gasteiger partial charge in [0.25, 0.3) is 7.82 Å². The molecule has 0 aromatic rings. The molecule has 0 aromatic heterocycles. The Hall–Kier alpha value is -0.540. The second-order valence-corrected chi connectivity index (χ2v) is 8.58. The summed E-state index contributed by atoms with van der Waals surface area (Å²) in [6.45, 7) is 1.75. The van der Waals surface area contributed by atoms with Crippen molar-refractivity contribution >= 4 is 13.8 Å². The molecule has 1 unspecified atom stereocenters. The highest BCUT2D eigenvalue weighted by molar-refractivity contribution is 7.45. The van der Waals surface area contributed by atoms with E-state index >= 15 is 0 Å². The largest absolute Gasteiger partial charge is 0.756 e. The fraction of sp³-hybridized carbons (Fsp3) is 0.938. The van der Waals surface area contributed by atoms with Crippen molar-refractivity contribution in [2.24, 2.45) is 0 Å². The fourth-order valence-electron chi connectivity index (χ4n) is 1.88. The molecule has 0 amide bonds. The molecule has 0 aliphatic carbocycles. The second-order valence-electron chi connectivity index (χ2n) is 7.16. The highest BCUT2D eigenvalue weighted by Gasteiger charge is 2.19. The van der Waals surface area contributed by atoms with Gasteiger partial charge >= 0.3 is 5.97 Å². The number of likely N-dealkylation sites (N-methyl/N-ethyl adjacent to an activating group) is 1. The SMILES string of the molecule is CCCCCCCC(=O)OC[C@H](COP(=O)([O-])OCC[N+](C)(C)C)OO. The number of quaternary nitrogens is 1. The maximum Gasteiger partial charge on any atom is 0.305 e. The average Bonchev–Trinajstić information content (AvgIpc) is 2.53. The first-order valence-electron chi connectivity index (χ1n) is 8.96.